The average Bonchev–Trinajstić information content (AvgIpc) is 3.08. The molecule has 2 heterocycles. The normalized spacial score (nSPS) is 23.8. The number of amides is 1. The molecule has 0 saturated carbocycles. The van der Waals surface area contributed by atoms with E-state index in [4.69, 9.17) is 30.4 Å². The first-order valence-corrected chi connectivity index (χ1v) is 8.37. The van der Waals surface area contributed by atoms with Crippen LogP contribution in [0, 0.1) is 0 Å². The number of nitrogens with zero attached hydrogens (tertiary/aromatic N) is 2. The Morgan fingerprint density at radius 3 is 2.21 bits per heavy atom. The van der Waals surface area contributed by atoms with Crippen LogP contribution in [0.4, 0.5) is 5.82 Å². The number of aromatic nitrogens is 2. The predicted octanol–water partition coefficient (Wildman–Crippen LogP) is -0.722. The van der Waals surface area contributed by atoms with Gasteiger partial charge in [0.05, 0.1) is 12.9 Å². The van der Waals surface area contributed by atoms with E-state index in [-0.39, 0.29) is 24.5 Å². The highest BCUT2D eigenvalue weighted by atomic mass is 16.6. The average molecular weight is 398 g/mol. The van der Waals surface area contributed by atoms with Crippen LogP contribution in [0.25, 0.3) is 0 Å². The molecule has 12 heteroatoms. The number of imidazole rings is 1. The van der Waals surface area contributed by atoms with Crippen molar-refractivity contribution < 1.29 is 38.1 Å². The molecule has 1 saturated heterocycles. The number of carbonyl (C=O) groups excluding carboxylic acids is 4. The van der Waals surface area contributed by atoms with Crippen LogP contribution in [-0.2, 0) is 33.3 Å². The number of nitrogens with two attached hydrogens (primary N) is 2. The molecule has 2 rings (SSSR count). The molecule has 1 amide bonds. The van der Waals surface area contributed by atoms with Crippen LogP contribution in [0.1, 0.15) is 43.9 Å². The van der Waals surface area contributed by atoms with Gasteiger partial charge in [-0.15, -0.1) is 0 Å². The Hall–Kier alpha value is -3.15. The van der Waals surface area contributed by atoms with Crippen molar-refractivity contribution in [1.29, 1.82) is 0 Å². The van der Waals surface area contributed by atoms with Crippen molar-refractivity contribution in [3.63, 3.8) is 0 Å². The maximum atomic E-state index is 11.6. The Balaban J connectivity index is 2.36. The molecule has 154 valence electrons. The summed E-state index contributed by atoms with van der Waals surface area (Å²) in [7, 11) is 0. The highest BCUT2D eigenvalue weighted by molar-refractivity contribution is 5.95. The van der Waals surface area contributed by atoms with Gasteiger partial charge in [-0.25, -0.2) is 4.98 Å². The second-order valence-electron chi connectivity index (χ2n) is 6.09. The summed E-state index contributed by atoms with van der Waals surface area (Å²) in [6, 6.07) is 0. The van der Waals surface area contributed by atoms with Crippen molar-refractivity contribution in [3.05, 3.63) is 12.0 Å². The molecule has 1 aromatic heterocycles. The van der Waals surface area contributed by atoms with E-state index in [1.807, 2.05) is 0 Å². The second-order valence-corrected chi connectivity index (χ2v) is 6.09. The van der Waals surface area contributed by atoms with E-state index in [9.17, 15) is 19.2 Å². The van der Waals surface area contributed by atoms with Gasteiger partial charge in [0.2, 0.25) is 0 Å². The number of ether oxygens (including phenoxy) is 4. The molecule has 0 bridgehead atoms. The SMILES string of the molecule is CC(=O)OCC[C@H]1O[C@@H](n2cnc(C(N)=O)c2N)[C@H](OC(C)=O)[C@@H]1OC(C)=O. The lowest BCUT2D eigenvalue weighted by atomic mass is 10.1. The summed E-state index contributed by atoms with van der Waals surface area (Å²) >= 11 is 0. The summed E-state index contributed by atoms with van der Waals surface area (Å²) in [5.74, 6) is -2.70. The second kappa shape index (κ2) is 8.69. The molecule has 0 aromatic carbocycles. The van der Waals surface area contributed by atoms with Crippen LogP contribution in [-0.4, -0.2) is 58.3 Å². The predicted molar refractivity (Wildman–Crippen MR) is 91.4 cm³/mol. The minimum Gasteiger partial charge on any atom is -0.466 e. The third kappa shape index (κ3) is 4.76. The third-order valence-electron chi connectivity index (χ3n) is 3.94. The highest BCUT2D eigenvalue weighted by Crippen LogP contribution is 2.37. The molecule has 1 aromatic rings. The Morgan fingerprint density at radius 2 is 1.71 bits per heavy atom. The maximum absolute atomic E-state index is 11.6. The number of nitrogen functional groups attached to an aromatic ring is 1. The van der Waals surface area contributed by atoms with Gasteiger partial charge in [-0.2, -0.15) is 0 Å². The first-order valence-electron chi connectivity index (χ1n) is 8.37. The van der Waals surface area contributed by atoms with Crippen LogP contribution in [0.2, 0.25) is 0 Å². The fourth-order valence-corrected chi connectivity index (χ4v) is 2.90. The number of hydrogen-bond acceptors (Lipinski definition) is 10. The largest absolute Gasteiger partial charge is 0.466 e. The van der Waals surface area contributed by atoms with Crippen molar-refractivity contribution in [2.45, 2.75) is 51.7 Å². The zero-order valence-corrected chi connectivity index (χ0v) is 15.6. The summed E-state index contributed by atoms with van der Waals surface area (Å²) in [6.45, 7) is 3.61. The Bertz CT molecular complexity index is 777. The third-order valence-corrected chi connectivity index (χ3v) is 3.94. The zero-order valence-electron chi connectivity index (χ0n) is 15.6. The molecular weight excluding hydrogens is 376 g/mol. The van der Waals surface area contributed by atoms with E-state index in [2.05, 4.69) is 4.98 Å². The van der Waals surface area contributed by atoms with Gasteiger partial charge in [0.1, 0.15) is 11.9 Å². The lowest BCUT2D eigenvalue weighted by Gasteiger charge is -2.24. The van der Waals surface area contributed by atoms with Gasteiger partial charge < -0.3 is 30.4 Å². The lowest BCUT2D eigenvalue weighted by Crippen LogP contribution is -2.39. The topological polar surface area (TPSA) is 175 Å². The first kappa shape index (κ1) is 21.2. The summed E-state index contributed by atoms with van der Waals surface area (Å²) in [4.78, 5) is 49.4. The highest BCUT2D eigenvalue weighted by Gasteiger charge is 2.50. The van der Waals surface area contributed by atoms with E-state index in [0.717, 1.165) is 0 Å². The molecule has 1 aliphatic rings. The van der Waals surface area contributed by atoms with Crippen LogP contribution in [0.15, 0.2) is 6.33 Å². The van der Waals surface area contributed by atoms with Crippen molar-refractivity contribution >= 4 is 29.6 Å². The fourth-order valence-electron chi connectivity index (χ4n) is 2.90. The molecule has 1 aliphatic heterocycles. The number of carbonyl (C=O) groups is 4. The van der Waals surface area contributed by atoms with Gasteiger partial charge in [-0.3, -0.25) is 23.7 Å². The van der Waals surface area contributed by atoms with Gasteiger partial charge in [-0.1, -0.05) is 0 Å². The number of hydrogen-bond donors (Lipinski definition) is 2. The Morgan fingerprint density at radius 1 is 1.11 bits per heavy atom. The fraction of sp³-hybridized carbons (Fsp3) is 0.562. The minimum absolute atomic E-state index is 0.0107. The summed E-state index contributed by atoms with van der Waals surface area (Å²) < 4.78 is 22.6. The first-order chi connectivity index (χ1) is 13.1. The van der Waals surface area contributed by atoms with Crippen molar-refractivity contribution in [1.82, 2.24) is 9.55 Å². The van der Waals surface area contributed by atoms with Crippen molar-refractivity contribution in [2.24, 2.45) is 5.73 Å². The maximum Gasteiger partial charge on any atom is 0.303 e. The summed E-state index contributed by atoms with van der Waals surface area (Å²) in [5, 5.41) is 0. The number of anilines is 1. The molecule has 12 nitrogen and oxygen atoms in total. The number of esters is 3. The zero-order chi connectivity index (χ0) is 21.0. The summed E-state index contributed by atoms with van der Waals surface area (Å²) in [6.07, 6.45) is -2.55. The lowest BCUT2D eigenvalue weighted by molar-refractivity contribution is -0.165. The smallest absolute Gasteiger partial charge is 0.303 e. The Labute approximate surface area is 160 Å². The quantitative estimate of drug-likeness (QED) is 0.440. The van der Waals surface area contributed by atoms with E-state index in [1.54, 1.807) is 0 Å². The minimum atomic E-state index is -1.08. The van der Waals surface area contributed by atoms with E-state index in [1.165, 1.54) is 31.7 Å². The van der Waals surface area contributed by atoms with Crippen molar-refractivity contribution in [2.75, 3.05) is 12.3 Å². The molecule has 0 unspecified atom stereocenters. The summed E-state index contributed by atoms with van der Waals surface area (Å²) in [5.41, 5.74) is 10.9. The molecular formula is C16H22N4O8. The van der Waals surface area contributed by atoms with Gasteiger partial charge in [0.15, 0.2) is 24.1 Å². The van der Waals surface area contributed by atoms with Gasteiger partial charge in [0, 0.05) is 27.2 Å². The van der Waals surface area contributed by atoms with Crippen LogP contribution in [0.3, 0.4) is 0 Å². The molecule has 0 aliphatic carbocycles. The van der Waals surface area contributed by atoms with Gasteiger partial charge >= 0.3 is 17.9 Å². The standard InChI is InChI=1S/C16H22N4O8/c1-7(21)25-5-4-10-12(26-8(2)22)13(27-9(3)23)16(28-10)20-6-19-11(14(20)17)15(18)24/h6,10,12-13,16H,4-5,17H2,1-3H3,(H2,18,24)/t10-,12-,13-,16-/m1/s1. The van der Waals surface area contributed by atoms with Crippen LogP contribution in [0.5, 0.6) is 0 Å². The molecule has 0 radical (unpaired) electrons. The number of rotatable bonds is 7. The van der Waals surface area contributed by atoms with Gasteiger partial charge in [0.25, 0.3) is 5.91 Å². The van der Waals surface area contributed by atoms with E-state index >= 15 is 0 Å². The van der Waals surface area contributed by atoms with E-state index in [0.29, 0.717) is 0 Å². The molecule has 4 atom stereocenters. The molecule has 0 spiro atoms. The molecule has 28 heavy (non-hydrogen) atoms. The van der Waals surface area contributed by atoms with Crippen molar-refractivity contribution in [3.8, 4) is 0 Å². The van der Waals surface area contributed by atoms with Crippen LogP contribution >= 0.6 is 0 Å². The molecule has 4 N–H and O–H groups in total. The number of primary amides is 1. The molecule has 1 fully saturated rings. The van der Waals surface area contributed by atoms with Crippen LogP contribution < -0.4 is 11.5 Å². The Kier molecular flexibility index (Phi) is 6.57. The monoisotopic (exact) mass is 398 g/mol. The van der Waals surface area contributed by atoms with E-state index < -0.39 is 48.4 Å². The van der Waals surface area contributed by atoms with Gasteiger partial charge in [-0.05, 0) is 0 Å².